The molecule has 9 aromatic carbocycles. The summed E-state index contributed by atoms with van der Waals surface area (Å²) in [5.41, 5.74) is 15.7. The van der Waals surface area contributed by atoms with Crippen molar-refractivity contribution in [3.63, 3.8) is 0 Å². The molecule has 6 heteroatoms. The van der Waals surface area contributed by atoms with Crippen LogP contribution in [0.1, 0.15) is 25.0 Å². The summed E-state index contributed by atoms with van der Waals surface area (Å²) < 4.78 is 11.7. The van der Waals surface area contributed by atoms with Crippen LogP contribution in [-0.4, -0.2) is 24.1 Å². The molecule has 6 nitrogen and oxygen atoms in total. The Labute approximate surface area is 379 Å². The molecule has 0 saturated carbocycles. The highest BCUT2D eigenvalue weighted by Gasteiger charge is 2.37. The molecule has 66 heavy (non-hydrogen) atoms. The lowest BCUT2D eigenvalue weighted by Crippen LogP contribution is -2.14. The number of benzene rings is 9. The summed E-state index contributed by atoms with van der Waals surface area (Å²) in [6.45, 7) is 4.62. The van der Waals surface area contributed by atoms with E-state index >= 15 is 0 Å². The van der Waals surface area contributed by atoms with Gasteiger partial charge in [-0.1, -0.05) is 190 Å². The van der Waals surface area contributed by atoms with E-state index in [-0.39, 0.29) is 5.41 Å². The molecule has 0 atom stereocenters. The number of fused-ring (bicyclic) bond motifs is 13. The Morgan fingerprint density at radius 1 is 0.409 bits per heavy atom. The molecule has 310 valence electrons. The van der Waals surface area contributed by atoms with Crippen molar-refractivity contribution in [1.29, 1.82) is 0 Å². The molecule has 0 bridgehead atoms. The van der Waals surface area contributed by atoms with Crippen LogP contribution in [0.5, 0.6) is 0 Å². The first-order chi connectivity index (χ1) is 32.5. The maximum Gasteiger partial charge on any atom is 0.238 e. The van der Waals surface area contributed by atoms with Gasteiger partial charge < -0.3 is 8.98 Å². The van der Waals surface area contributed by atoms with Gasteiger partial charge in [0.15, 0.2) is 17.2 Å². The van der Waals surface area contributed by atoms with Crippen LogP contribution in [0.25, 0.3) is 122 Å². The Balaban J connectivity index is 1.13. The first-order valence-corrected chi connectivity index (χ1v) is 22.5. The van der Waals surface area contributed by atoms with Gasteiger partial charge in [0.05, 0.1) is 27.8 Å². The van der Waals surface area contributed by atoms with E-state index in [4.69, 9.17) is 19.4 Å². The second-order valence-corrected chi connectivity index (χ2v) is 17.9. The molecule has 0 amide bonds. The first kappa shape index (κ1) is 36.8. The van der Waals surface area contributed by atoms with Crippen LogP contribution in [-0.2, 0) is 5.41 Å². The standard InChI is InChI=1S/C60H39N5O/c1-60(2)46-27-13-9-24-43(46)52-45(26-17-28-47(52)60)58-61-57(37-20-7-4-8-21-37)62-59(63-58)65-49-30-15-11-23-40(49)42-33-32-41-39-22-10-14-29-48(39)64(54(41)55(42)65)50-35-34-38(36-18-5-3-6-19-36)53-44-25-12-16-31-51(44)66-56(50)53/h3-35H,1-2H3. The Bertz CT molecular complexity index is 4140. The van der Waals surface area contributed by atoms with E-state index in [2.05, 4.69) is 199 Å². The van der Waals surface area contributed by atoms with Crippen LogP contribution in [0.3, 0.4) is 0 Å². The quantitative estimate of drug-likeness (QED) is 0.173. The third kappa shape index (κ3) is 5.09. The third-order valence-electron chi connectivity index (χ3n) is 14.0. The van der Waals surface area contributed by atoms with Gasteiger partial charge in [-0.2, -0.15) is 9.97 Å². The maximum absolute atomic E-state index is 7.00. The predicted molar refractivity (Wildman–Crippen MR) is 270 cm³/mol. The smallest absolute Gasteiger partial charge is 0.238 e. The highest BCUT2D eigenvalue weighted by atomic mass is 16.3. The van der Waals surface area contributed by atoms with Gasteiger partial charge in [-0.25, -0.2) is 4.98 Å². The fraction of sp³-hybridized carbons (Fsp3) is 0.0500. The lowest BCUT2D eigenvalue weighted by molar-refractivity contribution is 0.660. The van der Waals surface area contributed by atoms with Crippen molar-refractivity contribution in [3.05, 3.63) is 211 Å². The van der Waals surface area contributed by atoms with E-state index in [1.54, 1.807) is 0 Å². The highest BCUT2D eigenvalue weighted by Crippen LogP contribution is 2.52. The zero-order valence-electron chi connectivity index (χ0n) is 36.2. The third-order valence-corrected chi connectivity index (χ3v) is 14.0. The summed E-state index contributed by atoms with van der Waals surface area (Å²) in [4.78, 5) is 16.3. The highest BCUT2D eigenvalue weighted by molar-refractivity contribution is 6.25. The van der Waals surface area contributed by atoms with Gasteiger partial charge in [0.25, 0.3) is 0 Å². The normalized spacial score (nSPS) is 13.1. The van der Waals surface area contributed by atoms with E-state index in [1.807, 2.05) is 24.3 Å². The minimum absolute atomic E-state index is 0.184. The van der Waals surface area contributed by atoms with Gasteiger partial charge in [-0.3, -0.25) is 4.57 Å². The number of furan rings is 1. The molecule has 0 radical (unpaired) electrons. The van der Waals surface area contributed by atoms with Crippen molar-refractivity contribution in [3.8, 4) is 56.7 Å². The van der Waals surface area contributed by atoms with Gasteiger partial charge in [0, 0.05) is 48.9 Å². The number of aromatic nitrogens is 5. The average molecular weight is 846 g/mol. The first-order valence-electron chi connectivity index (χ1n) is 22.5. The van der Waals surface area contributed by atoms with Gasteiger partial charge in [0.2, 0.25) is 5.95 Å². The van der Waals surface area contributed by atoms with Crippen molar-refractivity contribution >= 4 is 65.6 Å². The van der Waals surface area contributed by atoms with E-state index in [9.17, 15) is 0 Å². The molecule has 1 aliphatic rings. The van der Waals surface area contributed by atoms with Crippen LogP contribution < -0.4 is 0 Å². The Hall–Kier alpha value is -8.61. The van der Waals surface area contributed by atoms with Crippen molar-refractivity contribution < 1.29 is 4.42 Å². The Kier molecular flexibility index (Phi) is 7.64. The summed E-state index contributed by atoms with van der Waals surface area (Å²) in [5, 5.41) is 6.64. The zero-order chi connectivity index (χ0) is 43.7. The molecule has 13 aromatic rings. The second kappa shape index (κ2) is 13.7. The number of hydrogen-bond acceptors (Lipinski definition) is 4. The van der Waals surface area contributed by atoms with Gasteiger partial charge in [0.1, 0.15) is 5.58 Å². The summed E-state index contributed by atoms with van der Waals surface area (Å²) in [5.74, 6) is 1.78. The molecule has 0 aliphatic heterocycles. The van der Waals surface area contributed by atoms with Gasteiger partial charge in [-0.15, -0.1) is 0 Å². The van der Waals surface area contributed by atoms with Crippen molar-refractivity contribution in [2.45, 2.75) is 19.3 Å². The molecule has 1 aliphatic carbocycles. The number of hydrogen-bond donors (Lipinski definition) is 0. The summed E-state index contributed by atoms with van der Waals surface area (Å²) >= 11 is 0. The van der Waals surface area contributed by atoms with Crippen LogP contribution in [0.15, 0.2) is 205 Å². The Morgan fingerprint density at radius 3 is 1.74 bits per heavy atom. The monoisotopic (exact) mass is 845 g/mol. The molecule has 0 N–H and O–H groups in total. The van der Waals surface area contributed by atoms with E-state index < -0.39 is 0 Å². The SMILES string of the molecule is CC1(C)c2ccccc2-c2c(-c3nc(-c4ccccc4)nc(-n4c5ccccc5c5ccc6c7ccccc7n(-c7ccc(-c8ccccc8)c8c7oc7ccccc78)c6c54)n3)cccc21. The van der Waals surface area contributed by atoms with E-state index in [1.165, 1.54) is 22.3 Å². The van der Waals surface area contributed by atoms with Crippen molar-refractivity contribution in [1.82, 2.24) is 24.1 Å². The number of nitrogens with zero attached hydrogens (tertiary/aromatic N) is 5. The molecular formula is C60H39N5O. The minimum atomic E-state index is -0.184. The number of rotatable bonds is 5. The zero-order valence-corrected chi connectivity index (χ0v) is 36.2. The largest absolute Gasteiger partial charge is 0.454 e. The molecule has 4 aromatic heterocycles. The van der Waals surface area contributed by atoms with Crippen LogP contribution in [0.2, 0.25) is 0 Å². The van der Waals surface area contributed by atoms with Gasteiger partial charge >= 0.3 is 0 Å². The lowest BCUT2D eigenvalue weighted by atomic mass is 9.82. The van der Waals surface area contributed by atoms with Crippen molar-refractivity contribution in [2.75, 3.05) is 0 Å². The lowest BCUT2D eigenvalue weighted by Gasteiger charge is -2.21. The molecule has 14 rings (SSSR count). The fourth-order valence-corrected chi connectivity index (χ4v) is 11.0. The minimum Gasteiger partial charge on any atom is -0.454 e. The molecular weight excluding hydrogens is 807 g/mol. The Morgan fingerprint density at radius 2 is 0.985 bits per heavy atom. The topological polar surface area (TPSA) is 61.7 Å². The molecule has 0 fully saturated rings. The molecule has 0 saturated heterocycles. The molecule has 0 unspecified atom stereocenters. The summed E-state index contributed by atoms with van der Waals surface area (Å²) in [7, 11) is 0. The fourth-order valence-electron chi connectivity index (χ4n) is 11.0. The van der Waals surface area contributed by atoms with E-state index in [0.29, 0.717) is 17.6 Å². The summed E-state index contributed by atoms with van der Waals surface area (Å²) in [6.07, 6.45) is 0. The van der Waals surface area contributed by atoms with Crippen LogP contribution in [0, 0.1) is 0 Å². The maximum atomic E-state index is 7.00. The van der Waals surface area contributed by atoms with Crippen LogP contribution >= 0.6 is 0 Å². The summed E-state index contributed by atoms with van der Waals surface area (Å²) in [6, 6.07) is 71.0. The molecule has 4 heterocycles. The van der Waals surface area contributed by atoms with Crippen molar-refractivity contribution in [2.24, 2.45) is 0 Å². The van der Waals surface area contributed by atoms with E-state index in [0.717, 1.165) is 93.5 Å². The predicted octanol–water partition coefficient (Wildman–Crippen LogP) is 15.3. The molecule has 0 spiro atoms. The average Bonchev–Trinajstić information content (AvgIpc) is 4.10. The number of para-hydroxylation sites is 3. The van der Waals surface area contributed by atoms with Crippen LogP contribution in [0.4, 0.5) is 0 Å². The van der Waals surface area contributed by atoms with Gasteiger partial charge in [-0.05, 0) is 57.6 Å². The second-order valence-electron chi connectivity index (χ2n) is 17.9.